The molecule has 0 unspecified atom stereocenters. The highest BCUT2D eigenvalue weighted by atomic mass is 127. The lowest BCUT2D eigenvalue weighted by Gasteiger charge is -2.30. The number of rotatable bonds is 7. The van der Waals surface area contributed by atoms with Gasteiger partial charge in [-0.05, 0) is 67.1 Å². The van der Waals surface area contributed by atoms with Gasteiger partial charge in [0.1, 0.15) is 9.84 Å². The number of halogens is 8. The van der Waals surface area contributed by atoms with Gasteiger partial charge >= 0.3 is 18.0 Å². The van der Waals surface area contributed by atoms with Crippen LogP contribution in [0.15, 0.2) is 36.4 Å². The van der Waals surface area contributed by atoms with Gasteiger partial charge in [-0.1, -0.05) is 18.2 Å². The first-order valence-corrected chi connectivity index (χ1v) is 13.7. The molecule has 0 fully saturated rings. The predicted octanol–water partition coefficient (Wildman–Crippen LogP) is 5.69. The molecule has 0 aromatic heterocycles. The fourth-order valence-corrected chi connectivity index (χ4v) is 5.83. The molecule has 0 atom stereocenters. The maximum absolute atomic E-state index is 14.4. The molecule has 0 bridgehead atoms. The van der Waals surface area contributed by atoms with Gasteiger partial charge in [0.15, 0.2) is 0 Å². The van der Waals surface area contributed by atoms with Gasteiger partial charge < -0.3 is 10.6 Å². The number of carbonyl (C=O) groups is 2. The van der Waals surface area contributed by atoms with E-state index < -0.39 is 56.5 Å². The number of hydrogen-bond donors (Lipinski definition) is 2. The molecule has 0 heterocycles. The number of carbonyl (C=O) groups excluding carboxylic acids is 2. The second kappa shape index (κ2) is 10.6. The van der Waals surface area contributed by atoms with E-state index in [2.05, 4.69) is 10.6 Å². The van der Waals surface area contributed by atoms with Crippen molar-refractivity contribution in [2.75, 3.05) is 17.3 Å². The zero-order valence-electron chi connectivity index (χ0n) is 20.2. The first-order valence-electron chi connectivity index (χ1n) is 10.5. The minimum absolute atomic E-state index is 0.165. The monoisotopic (exact) mass is 682 g/mol. The number of nitrogens with one attached hydrogen (secondary N) is 2. The average Bonchev–Trinajstić information content (AvgIpc) is 2.70. The van der Waals surface area contributed by atoms with Crippen LogP contribution in [0.5, 0.6) is 0 Å². The zero-order chi connectivity index (χ0) is 29.5. The van der Waals surface area contributed by atoms with Crippen LogP contribution in [0, 0.1) is 10.5 Å². The van der Waals surface area contributed by atoms with E-state index in [-0.39, 0.29) is 32.0 Å². The number of alkyl halides is 7. The SMILES string of the molecule is Cc1cc(C(F)(C(F)(F)F)C(F)(F)F)ccc1NC(=O)c1c(I)cccc1C(=O)NC(C)(C)CS(C)(=O)=O. The molecule has 2 N–H and O–H groups in total. The second-order valence-corrected chi connectivity index (χ2v) is 12.5. The average molecular weight is 682 g/mol. The topological polar surface area (TPSA) is 92.3 Å². The van der Waals surface area contributed by atoms with Crippen molar-refractivity contribution in [3.63, 3.8) is 0 Å². The minimum atomic E-state index is -6.30. The third-order valence-corrected chi connectivity index (χ3v) is 7.36. The summed E-state index contributed by atoms with van der Waals surface area (Å²) >= 11 is 1.74. The van der Waals surface area contributed by atoms with E-state index in [1.807, 2.05) is 0 Å². The van der Waals surface area contributed by atoms with Crippen LogP contribution >= 0.6 is 22.6 Å². The van der Waals surface area contributed by atoms with Crippen molar-refractivity contribution in [2.24, 2.45) is 0 Å². The van der Waals surface area contributed by atoms with E-state index in [9.17, 15) is 48.7 Å². The highest BCUT2D eigenvalue weighted by Crippen LogP contribution is 2.53. The van der Waals surface area contributed by atoms with Crippen LogP contribution in [0.3, 0.4) is 0 Å². The molecule has 0 spiro atoms. The lowest BCUT2D eigenvalue weighted by atomic mass is 9.92. The Bertz CT molecular complexity index is 1340. The van der Waals surface area contributed by atoms with Crippen molar-refractivity contribution >= 4 is 49.9 Å². The summed E-state index contributed by atoms with van der Waals surface area (Å²) in [4.78, 5) is 26.0. The van der Waals surface area contributed by atoms with Crippen LogP contribution in [0.25, 0.3) is 0 Å². The molecule has 0 aliphatic heterocycles. The highest BCUT2D eigenvalue weighted by molar-refractivity contribution is 14.1. The molecule has 6 nitrogen and oxygen atoms in total. The van der Waals surface area contributed by atoms with E-state index in [0.717, 1.165) is 13.2 Å². The Morgan fingerprint density at radius 3 is 1.95 bits per heavy atom. The van der Waals surface area contributed by atoms with Gasteiger partial charge in [0, 0.05) is 26.6 Å². The van der Waals surface area contributed by atoms with E-state index in [1.54, 1.807) is 22.6 Å². The van der Waals surface area contributed by atoms with Crippen LogP contribution in [0.4, 0.5) is 36.4 Å². The van der Waals surface area contributed by atoms with Gasteiger partial charge in [0.2, 0.25) is 0 Å². The molecule has 2 amide bonds. The number of amides is 2. The van der Waals surface area contributed by atoms with Crippen molar-refractivity contribution in [2.45, 2.75) is 44.3 Å². The van der Waals surface area contributed by atoms with Crippen molar-refractivity contribution < 1.29 is 48.7 Å². The van der Waals surface area contributed by atoms with Gasteiger partial charge in [-0.15, -0.1) is 0 Å². The number of anilines is 1. The Balaban J connectivity index is 2.44. The molecule has 0 aliphatic carbocycles. The summed E-state index contributed by atoms with van der Waals surface area (Å²) in [5.41, 5.74) is -9.45. The lowest BCUT2D eigenvalue weighted by molar-refractivity contribution is -0.348. The predicted molar refractivity (Wildman–Crippen MR) is 134 cm³/mol. The summed E-state index contributed by atoms with van der Waals surface area (Å²) in [7, 11) is -3.49. The standard InChI is InChI=1S/C23H22F7IN2O4S/c1-12-10-13(21(24,22(25,26)27)23(28,29)30)8-9-16(12)32-19(35)17-14(6-5-7-15(17)31)18(34)33-20(2,3)11-38(4,36)37/h5-10H,11H2,1-4H3,(H,32,35)(H,33,34). The van der Waals surface area contributed by atoms with Gasteiger partial charge in [-0.3, -0.25) is 9.59 Å². The summed E-state index contributed by atoms with van der Waals surface area (Å²) in [6.45, 7) is 3.98. The molecule has 2 rings (SSSR count). The van der Waals surface area contributed by atoms with E-state index in [1.165, 1.54) is 32.0 Å². The molecule has 0 aliphatic rings. The molecule has 2 aromatic rings. The Hall–Kier alpha value is -2.43. The number of hydrogen-bond acceptors (Lipinski definition) is 4. The third kappa shape index (κ3) is 6.95. The van der Waals surface area contributed by atoms with E-state index in [4.69, 9.17) is 0 Å². The molecule has 0 saturated carbocycles. The van der Waals surface area contributed by atoms with E-state index in [0.29, 0.717) is 12.1 Å². The highest BCUT2D eigenvalue weighted by Gasteiger charge is 2.73. The molecule has 38 heavy (non-hydrogen) atoms. The number of aryl methyl sites for hydroxylation is 1. The molecular weight excluding hydrogens is 660 g/mol. The Morgan fingerprint density at radius 2 is 1.47 bits per heavy atom. The van der Waals surface area contributed by atoms with Crippen LogP contribution in [-0.4, -0.2) is 50.1 Å². The Morgan fingerprint density at radius 1 is 0.921 bits per heavy atom. The fourth-order valence-electron chi connectivity index (χ4n) is 3.70. The molecule has 15 heteroatoms. The summed E-state index contributed by atoms with van der Waals surface area (Å²) in [5.74, 6) is -2.14. The quantitative estimate of drug-likeness (QED) is 0.290. The van der Waals surface area contributed by atoms with Crippen LogP contribution in [-0.2, 0) is 15.5 Å². The number of benzene rings is 2. The summed E-state index contributed by atoms with van der Waals surface area (Å²) in [6.07, 6.45) is -11.6. The molecule has 210 valence electrons. The molecule has 2 aromatic carbocycles. The van der Waals surface area contributed by atoms with E-state index >= 15 is 0 Å². The minimum Gasteiger partial charge on any atom is -0.346 e. The van der Waals surface area contributed by atoms with Gasteiger partial charge in [-0.2, -0.15) is 26.3 Å². The summed E-state index contributed by atoms with van der Waals surface area (Å²) < 4.78 is 116. The summed E-state index contributed by atoms with van der Waals surface area (Å²) in [6, 6.07) is 5.48. The summed E-state index contributed by atoms with van der Waals surface area (Å²) in [5, 5.41) is 4.84. The van der Waals surface area contributed by atoms with Crippen molar-refractivity contribution in [1.82, 2.24) is 5.32 Å². The second-order valence-electron chi connectivity index (χ2n) is 9.21. The maximum Gasteiger partial charge on any atom is 0.435 e. The van der Waals surface area contributed by atoms with Crippen LogP contribution in [0.1, 0.15) is 45.7 Å². The van der Waals surface area contributed by atoms with Crippen molar-refractivity contribution in [3.8, 4) is 0 Å². The lowest BCUT2D eigenvalue weighted by Crippen LogP contribution is -2.50. The van der Waals surface area contributed by atoms with Crippen LogP contribution < -0.4 is 10.6 Å². The van der Waals surface area contributed by atoms with Gasteiger partial charge in [0.05, 0.1) is 16.9 Å². The fraction of sp³-hybridized carbons (Fsp3) is 0.391. The smallest absolute Gasteiger partial charge is 0.346 e. The van der Waals surface area contributed by atoms with Gasteiger partial charge in [-0.25, -0.2) is 12.8 Å². The zero-order valence-corrected chi connectivity index (χ0v) is 23.2. The molecule has 0 saturated heterocycles. The third-order valence-electron chi connectivity index (χ3n) is 5.21. The van der Waals surface area contributed by atoms with Gasteiger partial charge in [0.25, 0.3) is 11.8 Å². The van der Waals surface area contributed by atoms with Crippen LogP contribution in [0.2, 0.25) is 0 Å². The Kier molecular flexibility index (Phi) is 8.88. The molecule has 0 radical (unpaired) electrons. The Labute approximate surface area is 227 Å². The normalized spacial score (nSPS) is 13.3. The van der Waals surface area contributed by atoms with Crippen molar-refractivity contribution in [3.05, 3.63) is 62.2 Å². The largest absolute Gasteiger partial charge is 0.435 e. The first-order chi connectivity index (χ1) is 17.0. The number of sulfone groups is 1. The molecular formula is C23H22F7IN2O4S. The maximum atomic E-state index is 14.4. The van der Waals surface area contributed by atoms with Crippen molar-refractivity contribution in [1.29, 1.82) is 0 Å². The first kappa shape index (κ1) is 31.8.